The molecule has 0 aromatic heterocycles. The molecule has 0 radical (unpaired) electrons. The molecule has 0 heterocycles. The number of rotatable bonds is 8. The predicted octanol–water partition coefficient (Wildman–Crippen LogP) is 8.39. The second-order valence-electron chi connectivity index (χ2n) is 11.4. The lowest BCUT2D eigenvalue weighted by Crippen LogP contribution is -2.27. The SMILES string of the molecule is CC(C)c1cc(C(C)C)c(SC(=O)[C@@H](C)[C@H](O)c2ccc(NC(=O)OC(C)(C)C)cc2)c(C(C)C)c1. The lowest BCUT2D eigenvalue weighted by molar-refractivity contribution is -0.117. The van der Waals surface area contributed by atoms with Gasteiger partial charge in [-0.25, -0.2) is 4.79 Å². The van der Waals surface area contributed by atoms with Gasteiger partial charge in [-0.3, -0.25) is 10.1 Å². The van der Waals surface area contributed by atoms with Crippen molar-refractivity contribution in [3.63, 3.8) is 0 Å². The quantitative estimate of drug-likeness (QED) is 0.347. The normalized spacial score (nSPS) is 13.7. The van der Waals surface area contributed by atoms with E-state index in [0.717, 1.165) is 4.90 Å². The first-order valence-corrected chi connectivity index (χ1v) is 13.6. The molecule has 6 heteroatoms. The molecule has 0 saturated heterocycles. The maximum Gasteiger partial charge on any atom is 0.412 e. The average molecular weight is 514 g/mol. The van der Waals surface area contributed by atoms with Gasteiger partial charge in [0, 0.05) is 10.6 Å². The summed E-state index contributed by atoms with van der Waals surface area (Å²) >= 11 is 1.25. The van der Waals surface area contributed by atoms with E-state index in [1.165, 1.54) is 28.5 Å². The highest BCUT2D eigenvalue weighted by Gasteiger charge is 2.27. The van der Waals surface area contributed by atoms with Crippen LogP contribution < -0.4 is 5.32 Å². The van der Waals surface area contributed by atoms with Crippen LogP contribution in [-0.4, -0.2) is 21.9 Å². The third-order valence-corrected chi connectivity index (χ3v) is 7.27. The highest BCUT2D eigenvalue weighted by Crippen LogP contribution is 2.40. The maximum atomic E-state index is 13.4. The van der Waals surface area contributed by atoms with Crippen LogP contribution in [-0.2, 0) is 9.53 Å². The second kappa shape index (κ2) is 12.3. The molecule has 0 bridgehead atoms. The van der Waals surface area contributed by atoms with Gasteiger partial charge in [0.15, 0.2) is 5.12 Å². The number of anilines is 1. The topological polar surface area (TPSA) is 75.6 Å². The summed E-state index contributed by atoms with van der Waals surface area (Å²) in [6.45, 7) is 20.2. The lowest BCUT2D eigenvalue weighted by Gasteiger charge is -2.24. The fourth-order valence-corrected chi connectivity index (χ4v) is 5.14. The van der Waals surface area contributed by atoms with Gasteiger partial charge in [-0.05, 0) is 72.9 Å². The summed E-state index contributed by atoms with van der Waals surface area (Å²) < 4.78 is 5.27. The first-order valence-electron chi connectivity index (χ1n) is 12.8. The Morgan fingerprint density at radius 3 is 1.75 bits per heavy atom. The summed E-state index contributed by atoms with van der Waals surface area (Å²) in [7, 11) is 0. The Hall–Kier alpha value is -2.31. The van der Waals surface area contributed by atoms with Crippen LogP contribution in [0, 0.1) is 5.92 Å². The van der Waals surface area contributed by atoms with E-state index < -0.39 is 23.7 Å². The first kappa shape index (κ1) is 29.9. The Morgan fingerprint density at radius 1 is 0.833 bits per heavy atom. The molecule has 36 heavy (non-hydrogen) atoms. The number of hydrogen-bond acceptors (Lipinski definition) is 5. The van der Waals surface area contributed by atoms with Gasteiger partial charge in [0.25, 0.3) is 0 Å². The molecule has 2 atom stereocenters. The van der Waals surface area contributed by atoms with E-state index in [0.29, 0.717) is 17.2 Å². The zero-order valence-corrected chi connectivity index (χ0v) is 24.2. The molecular weight excluding hydrogens is 470 g/mol. The molecule has 5 nitrogen and oxygen atoms in total. The number of ether oxygens (including phenoxy) is 1. The van der Waals surface area contributed by atoms with Gasteiger partial charge in [-0.15, -0.1) is 0 Å². The van der Waals surface area contributed by atoms with Crippen LogP contribution in [0.2, 0.25) is 0 Å². The highest BCUT2D eigenvalue weighted by molar-refractivity contribution is 8.13. The molecule has 0 spiro atoms. The Bertz CT molecular complexity index is 1020. The summed E-state index contributed by atoms with van der Waals surface area (Å²) in [5.41, 5.74) is 4.24. The van der Waals surface area contributed by atoms with E-state index in [4.69, 9.17) is 4.74 Å². The number of carbonyl (C=O) groups excluding carboxylic acids is 2. The van der Waals surface area contributed by atoms with Crippen molar-refractivity contribution >= 4 is 28.7 Å². The van der Waals surface area contributed by atoms with Crippen molar-refractivity contribution in [3.8, 4) is 0 Å². The lowest BCUT2D eigenvalue weighted by atomic mass is 9.89. The minimum atomic E-state index is -0.958. The largest absolute Gasteiger partial charge is 0.444 e. The molecule has 198 valence electrons. The third-order valence-electron chi connectivity index (χ3n) is 6.02. The Kier molecular flexibility index (Phi) is 10.2. The van der Waals surface area contributed by atoms with Crippen LogP contribution in [0.3, 0.4) is 0 Å². The molecule has 0 aliphatic rings. The molecule has 2 rings (SSSR count). The van der Waals surface area contributed by atoms with Gasteiger partial charge in [0.2, 0.25) is 0 Å². The van der Waals surface area contributed by atoms with Crippen LogP contribution in [0.1, 0.15) is 115 Å². The zero-order chi connectivity index (χ0) is 27.4. The van der Waals surface area contributed by atoms with Crippen molar-refractivity contribution in [2.75, 3.05) is 5.32 Å². The number of nitrogens with one attached hydrogen (secondary N) is 1. The van der Waals surface area contributed by atoms with E-state index >= 15 is 0 Å². The molecule has 0 saturated carbocycles. The Balaban J connectivity index is 2.22. The van der Waals surface area contributed by atoms with Crippen molar-refractivity contribution in [2.24, 2.45) is 5.92 Å². The number of carbonyl (C=O) groups is 2. The first-order chi connectivity index (χ1) is 16.6. The van der Waals surface area contributed by atoms with E-state index in [2.05, 4.69) is 59.0 Å². The van der Waals surface area contributed by atoms with Crippen molar-refractivity contribution in [1.82, 2.24) is 0 Å². The molecule has 0 aliphatic carbocycles. The number of aliphatic hydroxyl groups is 1. The molecular formula is C30H43NO4S. The van der Waals surface area contributed by atoms with Crippen LogP contribution in [0.5, 0.6) is 0 Å². The maximum absolute atomic E-state index is 13.4. The van der Waals surface area contributed by atoms with Crippen molar-refractivity contribution in [1.29, 1.82) is 0 Å². The van der Waals surface area contributed by atoms with Crippen molar-refractivity contribution in [2.45, 2.75) is 104 Å². The monoisotopic (exact) mass is 513 g/mol. The third kappa shape index (κ3) is 8.10. The minimum Gasteiger partial charge on any atom is -0.444 e. The Morgan fingerprint density at radius 2 is 1.33 bits per heavy atom. The summed E-state index contributed by atoms with van der Waals surface area (Å²) in [6.07, 6.45) is -1.50. The van der Waals surface area contributed by atoms with Gasteiger partial charge in [-0.1, -0.05) is 84.5 Å². The van der Waals surface area contributed by atoms with E-state index in [-0.39, 0.29) is 17.0 Å². The van der Waals surface area contributed by atoms with Gasteiger partial charge in [0.05, 0.1) is 12.0 Å². The molecule has 1 amide bonds. The van der Waals surface area contributed by atoms with Crippen LogP contribution >= 0.6 is 11.8 Å². The minimum absolute atomic E-state index is 0.0699. The van der Waals surface area contributed by atoms with Crippen LogP contribution in [0.25, 0.3) is 0 Å². The van der Waals surface area contributed by atoms with Gasteiger partial charge < -0.3 is 9.84 Å². The van der Waals surface area contributed by atoms with E-state index in [1.54, 1.807) is 52.0 Å². The fraction of sp³-hybridized carbons (Fsp3) is 0.533. The van der Waals surface area contributed by atoms with E-state index in [9.17, 15) is 14.7 Å². The molecule has 0 fully saturated rings. The second-order valence-corrected chi connectivity index (χ2v) is 12.4. The summed E-state index contributed by atoms with van der Waals surface area (Å²) in [4.78, 5) is 26.4. The van der Waals surface area contributed by atoms with Crippen LogP contribution in [0.4, 0.5) is 10.5 Å². The zero-order valence-electron chi connectivity index (χ0n) is 23.4. The predicted molar refractivity (Wildman–Crippen MR) is 150 cm³/mol. The molecule has 2 aromatic rings. The van der Waals surface area contributed by atoms with Gasteiger partial charge in [0.1, 0.15) is 5.60 Å². The summed E-state index contributed by atoms with van der Waals surface area (Å²) in [6, 6.07) is 11.3. The number of benzene rings is 2. The standard InChI is InChI=1S/C30H43NO4S/c1-17(2)22-15-24(18(3)4)27(25(16-22)19(5)6)36-28(33)20(7)26(32)21-11-13-23(14-12-21)31-29(34)35-30(8,9)10/h11-20,26,32H,1-10H3,(H,31,34)/t20-,26-/m0/s1. The molecule has 2 aromatic carbocycles. The van der Waals surface area contributed by atoms with Crippen LogP contribution in [0.15, 0.2) is 41.3 Å². The number of hydrogen-bond donors (Lipinski definition) is 2. The fourth-order valence-electron chi connectivity index (χ4n) is 3.80. The Labute approximate surface area is 221 Å². The number of amides is 1. The average Bonchev–Trinajstić information content (AvgIpc) is 2.76. The summed E-state index contributed by atoms with van der Waals surface area (Å²) in [5.74, 6) is 0.358. The van der Waals surface area contributed by atoms with Gasteiger partial charge in [-0.2, -0.15) is 0 Å². The van der Waals surface area contributed by atoms with E-state index in [1.807, 2.05) is 0 Å². The van der Waals surface area contributed by atoms with Gasteiger partial charge >= 0.3 is 6.09 Å². The molecule has 0 unspecified atom stereocenters. The van der Waals surface area contributed by atoms with Crippen molar-refractivity contribution in [3.05, 3.63) is 58.7 Å². The number of aliphatic hydroxyl groups excluding tert-OH is 1. The molecule has 0 aliphatic heterocycles. The highest BCUT2D eigenvalue weighted by atomic mass is 32.2. The summed E-state index contributed by atoms with van der Waals surface area (Å²) in [5, 5.41) is 13.6. The number of thioether (sulfide) groups is 1. The van der Waals surface area contributed by atoms with Crippen molar-refractivity contribution < 1.29 is 19.4 Å². The molecule has 2 N–H and O–H groups in total. The smallest absolute Gasteiger partial charge is 0.412 e.